The van der Waals surface area contributed by atoms with Gasteiger partial charge in [-0.05, 0) is 228 Å². The zero-order valence-electron chi connectivity index (χ0n) is 62.3. The molecule has 7 nitrogen and oxygen atoms in total. The lowest BCUT2D eigenvalue weighted by Crippen LogP contribution is -2.32. The molecule has 0 heterocycles. The predicted molar refractivity (Wildman–Crippen MR) is 450 cm³/mol. The van der Waals surface area contributed by atoms with Crippen LogP contribution in [-0.4, -0.2) is 37.2 Å². The molecule has 0 amide bonds. The number of carbonyl (C=O) groups is 3. The zero-order valence-corrected chi connectivity index (χ0v) is 62.3. The Balaban J connectivity index is 0.855. The fourth-order valence-electron chi connectivity index (χ4n) is 18.1. The summed E-state index contributed by atoms with van der Waals surface area (Å²) in [5.41, 5.74) is 16.3. The van der Waals surface area contributed by atoms with Crippen molar-refractivity contribution in [2.45, 2.75) is 56.3 Å². The van der Waals surface area contributed by atoms with Gasteiger partial charge in [-0.2, -0.15) is 0 Å². The van der Waals surface area contributed by atoms with Crippen molar-refractivity contribution in [2.24, 2.45) is 0 Å². The largest absolute Gasteiger partial charge is 0.481 e. The SMILES string of the molecule is CC#CCOc1ccc2cc(C3(c4ccc(N(c5ccc(C6(c7ccc8cc(OCC#CC)ccc8c7)c7ccccc7CC(=O)c7ccccc76)cc5)c5ccc(C6(c7ccc8cc(OCC#CC)ccc8c7)c7ccccc7CC(=O)c7ccccc76)cc5)cc4)c4ccccc4CC(=O)c4ccccc43)ccc2c1. The van der Waals surface area contributed by atoms with Gasteiger partial charge in [0, 0.05) is 53.0 Å². The molecule has 3 unspecified atom stereocenters. The number of hydrogen-bond acceptors (Lipinski definition) is 7. The van der Waals surface area contributed by atoms with Crippen LogP contribution in [0.4, 0.5) is 17.1 Å². The van der Waals surface area contributed by atoms with Gasteiger partial charge in [-0.25, -0.2) is 0 Å². The molecule has 15 aromatic rings. The Kier molecular flexibility index (Phi) is 18.2. The van der Waals surface area contributed by atoms with Gasteiger partial charge < -0.3 is 19.1 Å². The number of anilines is 3. The summed E-state index contributed by atoms with van der Waals surface area (Å²) in [6.07, 6.45) is 0.722. The summed E-state index contributed by atoms with van der Waals surface area (Å²) in [7, 11) is 0. The van der Waals surface area contributed by atoms with Crippen molar-refractivity contribution in [3.8, 4) is 52.8 Å². The second kappa shape index (κ2) is 29.2. The van der Waals surface area contributed by atoms with Gasteiger partial charge in [0.2, 0.25) is 0 Å². The van der Waals surface area contributed by atoms with Crippen LogP contribution >= 0.6 is 0 Å². The Bertz CT molecular complexity index is 5890. The number of ketones is 3. The Hall–Kier alpha value is -14.0. The van der Waals surface area contributed by atoms with Crippen LogP contribution in [0.5, 0.6) is 17.2 Å². The predicted octanol–water partition coefficient (Wildman–Crippen LogP) is 22.2. The van der Waals surface area contributed by atoms with E-state index in [0.29, 0.717) is 16.7 Å². The van der Waals surface area contributed by atoms with Crippen LogP contribution in [0.25, 0.3) is 32.3 Å². The maximum absolute atomic E-state index is 14.9. The van der Waals surface area contributed by atoms with Crippen molar-refractivity contribution in [3.05, 3.63) is 428 Å². The van der Waals surface area contributed by atoms with E-state index in [2.05, 4.69) is 295 Å². The van der Waals surface area contributed by atoms with Crippen molar-refractivity contribution in [1.82, 2.24) is 0 Å². The molecule has 7 heteroatoms. The van der Waals surface area contributed by atoms with E-state index in [9.17, 15) is 14.4 Å². The number of benzene rings is 15. The Morgan fingerprint density at radius 2 is 0.509 bits per heavy atom. The standard InChI is InChI=1S/C105H75NO6/c1-4-7-58-110-88-55-37-70-61-82(40-34-73(70)64-88)103(94-28-16-10-22-76(94)67-100(107)91-25-13-19-31-97(91)103)79-43-49-85(50-44-79)106(86-51-45-80(46-52-86)104(83-41-35-74-65-89(111-59-8-5-2)56-38-71(74)62-83)95-29-17-11-23-77(95)68-101(108)92-26-14-20-32-98(92)104)87-53-47-81(48-54-87)105(84-42-36-75-66-90(112-60-9-6-3)57-39-72(75)63-84)96-30-18-12-24-78(96)69-102(109)93-27-15-21-33-99(93)105/h10-57,61-66H,58-60,67-69H2,1-3H3. The lowest BCUT2D eigenvalue weighted by molar-refractivity contribution is 0.0984. The number of Topliss-reactive ketones (excluding diaryl/α,β-unsaturated/α-hetero) is 3. The smallest absolute Gasteiger partial charge is 0.167 e. The third-order valence-corrected chi connectivity index (χ3v) is 23.1. The number of hydrogen-bond donors (Lipinski definition) is 0. The Morgan fingerprint density at radius 1 is 0.268 bits per heavy atom. The van der Waals surface area contributed by atoms with Gasteiger partial charge >= 0.3 is 0 Å². The Labute approximate surface area is 652 Å². The van der Waals surface area contributed by atoms with Crippen molar-refractivity contribution < 1.29 is 28.6 Å². The number of fused-ring (bicyclic) bond motifs is 9. The minimum absolute atomic E-state index is 0.0582. The highest BCUT2D eigenvalue weighted by molar-refractivity contribution is 6.04. The molecule has 3 aliphatic rings. The molecule has 536 valence electrons. The molecule has 15 aromatic carbocycles. The summed E-state index contributed by atoms with van der Waals surface area (Å²) in [6, 6.07) is 115. The summed E-state index contributed by atoms with van der Waals surface area (Å²) < 4.78 is 18.3. The molecule has 0 aromatic heterocycles. The Morgan fingerprint density at radius 3 is 0.795 bits per heavy atom. The molecule has 0 saturated heterocycles. The van der Waals surface area contributed by atoms with E-state index < -0.39 is 16.2 Å². The fourth-order valence-corrected chi connectivity index (χ4v) is 18.1. The molecular formula is C105H75NO6. The normalized spacial score (nSPS) is 16.5. The van der Waals surface area contributed by atoms with Crippen molar-refractivity contribution >= 4 is 66.7 Å². The molecular weight excluding hydrogens is 1370 g/mol. The molecule has 0 N–H and O–H groups in total. The topological polar surface area (TPSA) is 82.1 Å². The third-order valence-electron chi connectivity index (χ3n) is 23.1. The molecule has 3 atom stereocenters. The van der Waals surface area contributed by atoms with E-state index in [4.69, 9.17) is 14.2 Å². The quantitative estimate of drug-likeness (QED) is 0.0946. The maximum atomic E-state index is 14.9. The minimum atomic E-state index is -0.987. The highest BCUT2D eigenvalue weighted by Gasteiger charge is 2.48. The number of nitrogens with zero attached hydrogens (tertiary/aromatic N) is 1. The molecule has 0 saturated carbocycles. The average Bonchev–Trinajstić information content (AvgIpc) is 1.32. The highest BCUT2D eigenvalue weighted by Crippen LogP contribution is 2.55. The molecule has 0 radical (unpaired) electrons. The maximum Gasteiger partial charge on any atom is 0.167 e. The first-order chi connectivity index (χ1) is 55.1. The van der Waals surface area contributed by atoms with E-state index in [1.54, 1.807) is 0 Å². The van der Waals surface area contributed by atoms with Crippen molar-refractivity contribution in [3.63, 3.8) is 0 Å². The molecule has 18 rings (SSSR count). The summed E-state index contributed by atoms with van der Waals surface area (Å²) in [5, 5.41) is 6.12. The lowest BCUT2D eigenvalue weighted by atomic mass is 9.63. The van der Waals surface area contributed by atoms with Gasteiger partial charge in [0.15, 0.2) is 17.3 Å². The molecule has 0 bridgehead atoms. The molecule has 0 aliphatic heterocycles. The molecule has 112 heavy (non-hydrogen) atoms. The second-order valence-electron chi connectivity index (χ2n) is 29.0. The first-order valence-corrected chi connectivity index (χ1v) is 38.0. The summed E-state index contributed by atoms with van der Waals surface area (Å²) >= 11 is 0. The number of rotatable bonds is 15. The summed E-state index contributed by atoms with van der Waals surface area (Å²) in [6.45, 7) is 6.30. The van der Waals surface area contributed by atoms with E-state index >= 15 is 0 Å². The van der Waals surface area contributed by atoms with E-state index in [1.165, 1.54) is 0 Å². The van der Waals surface area contributed by atoms with Crippen LogP contribution in [0.15, 0.2) is 328 Å². The second-order valence-corrected chi connectivity index (χ2v) is 29.0. The van der Waals surface area contributed by atoms with Gasteiger partial charge in [-0.1, -0.05) is 254 Å². The highest BCUT2D eigenvalue weighted by atomic mass is 16.5. The summed E-state index contributed by atoms with van der Waals surface area (Å²) in [4.78, 5) is 47.1. The van der Waals surface area contributed by atoms with Crippen LogP contribution in [0, 0.1) is 35.5 Å². The molecule has 0 fully saturated rings. The zero-order chi connectivity index (χ0) is 75.9. The van der Waals surface area contributed by atoms with Gasteiger partial charge in [0.25, 0.3) is 0 Å². The van der Waals surface area contributed by atoms with Gasteiger partial charge in [0.05, 0.1) is 16.2 Å². The van der Waals surface area contributed by atoms with Crippen molar-refractivity contribution in [1.29, 1.82) is 0 Å². The monoisotopic (exact) mass is 1450 g/mol. The molecule has 0 spiro atoms. The van der Waals surface area contributed by atoms with Crippen LogP contribution in [0.1, 0.15) is 135 Å². The average molecular weight is 1450 g/mol. The number of ether oxygens (including phenoxy) is 3. The lowest BCUT2D eigenvalue weighted by Gasteiger charge is -2.39. The number of carbonyl (C=O) groups excluding carboxylic acids is 3. The fraction of sp³-hybridized carbons (Fsp3) is 0.114. The third kappa shape index (κ3) is 11.8. The van der Waals surface area contributed by atoms with E-state index in [0.717, 1.165) is 150 Å². The molecule has 3 aliphatic carbocycles. The van der Waals surface area contributed by atoms with Crippen LogP contribution in [0.2, 0.25) is 0 Å². The first kappa shape index (κ1) is 69.7. The van der Waals surface area contributed by atoms with E-state index in [1.807, 2.05) is 93.6 Å². The van der Waals surface area contributed by atoms with Crippen LogP contribution in [-0.2, 0) is 35.5 Å². The van der Waals surface area contributed by atoms with Gasteiger partial charge in [-0.3, -0.25) is 14.4 Å². The van der Waals surface area contributed by atoms with Crippen LogP contribution < -0.4 is 19.1 Å². The van der Waals surface area contributed by atoms with Gasteiger partial charge in [-0.15, -0.1) is 17.8 Å². The van der Waals surface area contributed by atoms with Gasteiger partial charge in [0.1, 0.15) is 37.1 Å². The minimum Gasteiger partial charge on any atom is -0.481 e. The van der Waals surface area contributed by atoms with Crippen molar-refractivity contribution in [2.75, 3.05) is 24.7 Å². The van der Waals surface area contributed by atoms with Crippen LogP contribution in [0.3, 0.4) is 0 Å². The van der Waals surface area contributed by atoms with E-state index in [-0.39, 0.29) is 56.4 Å². The first-order valence-electron chi connectivity index (χ1n) is 38.0. The summed E-state index contributed by atoms with van der Waals surface area (Å²) in [5.74, 6) is 20.3.